The predicted octanol–water partition coefficient (Wildman–Crippen LogP) is 2.86. The first-order valence-corrected chi connectivity index (χ1v) is 4.61. The predicted molar refractivity (Wildman–Crippen MR) is 63.5 cm³/mol. The standard InChI is InChI=1S/C10H13N.CHNS/c1-3-6-10-7-5-8-11(4-2)9-10;2-1-3/h3-5,7-8H,1-2,6,9H2;3H. The minimum Gasteiger partial charge on any atom is -0.351 e. The van der Waals surface area contributed by atoms with E-state index in [2.05, 4.69) is 36.8 Å². The minimum absolute atomic E-state index is 0.950. The maximum Gasteiger partial charge on any atom is 0.130 e. The molecule has 1 rings (SSSR count). The molecule has 14 heavy (non-hydrogen) atoms. The van der Waals surface area contributed by atoms with E-state index < -0.39 is 0 Å². The summed E-state index contributed by atoms with van der Waals surface area (Å²) in [5, 5.41) is 8.63. The van der Waals surface area contributed by atoms with E-state index in [0.29, 0.717) is 0 Å². The summed E-state index contributed by atoms with van der Waals surface area (Å²) in [4.78, 5) is 2.05. The third-order valence-corrected chi connectivity index (χ3v) is 1.64. The van der Waals surface area contributed by atoms with E-state index in [1.165, 1.54) is 11.0 Å². The molecule has 0 radical (unpaired) electrons. The lowest BCUT2D eigenvalue weighted by Gasteiger charge is -2.19. The van der Waals surface area contributed by atoms with Crippen molar-refractivity contribution in [2.24, 2.45) is 0 Å². The zero-order chi connectivity index (χ0) is 10.8. The highest BCUT2D eigenvalue weighted by molar-refractivity contribution is 7.85. The normalized spacial score (nSPS) is 13.1. The van der Waals surface area contributed by atoms with Gasteiger partial charge in [0, 0.05) is 12.7 Å². The van der Waals surface area contributed by atoms with Gasteiger partial charge in [-0.25, -0.2) is 0 Å². The van der Waals surface area contributed by atoms with Crippen molar-refractivity contribution >= 4 is 12.6 Å². The molecule has 0 spiro atoms. The number of nitrogens with zero attached hydrogens (tertiary/aromatic N) is 2. The van der Waals surface area contributed by atoms with Crippen LogP contribution in [0.3, 0.4) is 0 Å². The number of rotatable bonds is 3. The van der Waals surface area contributed by atoms with Crippen LogP contribution in [0.15, 0.2) is 49.4 Å². The van der Waals surface area contributed by atoms with E-state index in [1.807, 2.05) is 24.6 Å². The van der Waals surface area contributed by atoms with E-state index in [9.17, 15) is 0 Å². The van der Waals surface area contributed by atoms with Crippen molar-refractivity contribution < 1.29 is 0 Å². The molecule has 0 amide bonds. The quantitative estimate of drug-likeness (QED) is 0.437. The smallest absolute Gasteiger partial charge is 0.130 e. The lowest BCUT2D eigenvalue weighted by molar-refractivity contribution is 0.540. The molecule has 3 heteroatoms. The highest BCUT2D eigenvalue weighted by atomic mass is 32.1. The number of hydrogen-bond acceptors (Lipinski definition) is 3. The third-order valence-electron chi connectivity index (χ3n) is 1.64. The summed E-state index contributed by atoms with van der Waals surface area (Å²) in [5.41, 5.74) is 1.38. The molecule has 74 valence electrons. The summed E-state index contributed by atoms with van der Waals surface area (Å²) in [6, 6.07) is 0. The fourth-order valence-electron chi connectivity index (χ4n) is 1.07. The van der Waals surface area contributed by atoms with Crippen LogP contribution in [0.25, 0.3) is 0 Å². The van der Waals surface area contributed by atoms with Crippen molar-refractivity contribution in [1.29, 1.82) is 5.26 Å². The molecule has 1 heterocycles. The molecule has 0 N–H and O–H groups in total. The lowest BCUT2D eigenvalue weighted by atomic mass is 10.1. The molecule has 0 unspecified atom stereocenters. The highest BCUT2D eigenvalue weighted by Gasteiger charge is 2.01. The van der Waals surface area contributed by atoms with Crippen molar-refractivity contribution in [3.8, 4) is 5.40 Å². The molecular weight excluding hydrogens is 192 g/mol. The van der Waals surface area contributed by atoms with Crippen LogP contribution < -0.4 is 0 Å². The second kappa shape index (κ2) is 8.21. The summed E-state index contributed by atoms with van der Waals surface area (Å²) in [5.74, 6) is 0. The fourth-order valence-corrected chi connectivity index (χ4v) is 1.07. The summed E-state index contributed by atoms with van der Waals surface area (Å²) < 4.78 is 0. The Hall–Kier alpha value is -1.40. The second-order valence-electron chi connectivity index (χ2n) is 2.61. The topological polar surface area (TPSA) is 27.0 Å². The van der Waals surface area contributed by atoms with Gasteiger partial charge in [-0.05, 0) is 24.3 Å². The molecule has 0 saturated carbocycles. The first kappa shape index (κ1) is 12.6. The Kier molecular flexibility index (Phi) is 7.39. The van der Waals surface area contributed by atoms with Gasteiger partial charge < -0.3 is 4.90 Å². The minimum atomic E-state index is 0.950. The van der Waals surface area contributed by atoms with Crippen LogP contribution in [0.4, 0.5) is 0 Å². The molecule has 0 aromatic heterocycles. The number of nitriles is 1. The molecule has 0 fully saturated rings. The summed E-state index contributed by atoms with van der Waals surface area (Å²) in [6.07, 6.45) is 10.9. The van der Waals surface area contributed by atoms with Crippen LogP contribution in [0.1, 0.15) is 6.42 Å². The average Bonchev–Trinajstić information content (AvgIpc) is 2.20. The zero-order valence-corrected chi connectivity index (χ0v) is 8.95. The van der Waals surface area contributed by atoms with E-state index in [-0.39, 0.29) is 0 Å². The molecule has 0 aliphatic carbocycles. The van der Waals surface area contributed by atoms with Gasteiger partial charge in [0.1, 0.15) is 5.40 Å². The second-order valence-corrected chi connectivity index (χ2v) is 2.81. The van der Waals surface area contributed by atoms with Gasteiger partial charge in [-0.15, -0.1) is 6.58 Å². The zero-order valence-electron chi connectivity index (χ0n) is 8.06. The molecular formula is C11H14N2S. The van der Waals surface area contributed by atoms with Crippen molar-refractivity contribution in [2.75, 3.05) is 6.54 Å². The molecule has 2 nitrogen and oxygen atoms in total. The van der Waals surface area contributed by atoms with Gasteiger partial charge in [-0.2, -0.15) is 5.26 Å². The highest BCUT2D eigenvalue weighted by Crippen LogP contribution is 2.10. The average molecular weight is 206 g/mol. The van der Waals surface area contributed by atoms with Gasteiger partial charge in [0.05, 0.1) is 0 Å². The Labute approximate surface area is 90.9 Å². The van der Waals surface area contributed by atoms with Gasteiger partial charge in [0.25, 0.3) is 0 Å². The number of hydrogen-bond donors (Lipinski definition) is 1. The van der Waals surface area contributed by atoms with E-state index in [4.69, 9.17) is 5.26 Å². The van der Waals surface area contributed by atoms with Gasteiger partial charge in [0.15, 0.2) is 0 Å². The van der Waals surface area contributed by atoms with E-state index >= 15 is 0 Å². The molecule has 0 aromatic carbocycles. The molecule has 1 aliphatic rings. The van der Waals surface area contributed by atoms with Crippen molar-refractivity contribution in [3.05, 3.63) is 49.4 Å². The molecule has 1 aliphatic heterocycles. The first-order valence-electron chi connectivity index (χ1n) is 4.17. The monoisotopic (exact) mass is 206 g/mol. The van der Waals surface area contributed by atoms with Crippen molar-refractivity contribution in [1.82, 2.24) is 4.90 Å². The van der Waals surface area contributed by atoms with Crippen LogP contribution >= 0.6 is 12.6 Å². The van der Waals surface area contributed by atoms with E-state index in [0.717, 1.165) is 13.0 Å². The first-order chi connectivity index (χ1) is 6.78. The maximum atomic E-state index is 7.18. The maximum absolute atomic E-state index is 7.18. The Bertz CT molecular complexity index is 284. The number of thiol groups is 1. The van der Waals surface area contributed by atoms with Crippen molar-refractivity contribution in [3.63, 3.8) is 0 Å². The van der Waals surface area contributed by atoms with Crippen LogP contribution in [0, 0.1) is 10.7 Å². The summed E-state index contributed by atoms with van der Waals surface area (Å²) in [6.45, 7) is 8.35. The Balaban J connectivity index is 0.000000500. The molecule has 0 aromatic rings. The summed E-state index contributed by atoms with van der Waals surface area (Å²) in [7, 11) is 0. The Morgan fingerprint density at radius 1 is 1.64 bits per heavy atom. The van der Waals surface area contributed by atoms with E-state index in [1.54, 1.807) is 0 Å². The van der Waals surface area contributed by atoms with Crippen molar-refractivity contribution in [2.45, 2.75) is 6.42 Å². The van der Waals surface area contributed by atoms with Crippen LogP contribution in [-0.2, 0) is 0 Å². The molecule has 0 saturated heterocycles. The SMILES string of the molecule is C=CCC1=CC=CN(C=C)C1.N#CS. The van der Waals surface area contributed by atoms with Gasteiger partial charge in [-0.1, -0.05) is 31.4 Å². The fraction of sp³-hybridized carbons (Fsp3) is 0.182. The largest absolute Gasteiger partial charge is 0.351 e. The molecule has 0 bridgehead atoms. The van der Waals surface area contributed by atoms with Crippen LogP contribution in [-0.4, -0.2) is 11.4 Å². The van der Waals surface area contributed by atoms with Gasteiger partial charge in [0.2, 0.25) is 0 Å². The summed E-state index contributed by atoms with van der Waals surface area (Å²) >= 11 is 3.09. The third kappa shape index (κ3) is 5.28. The Morgan fingerprint density at radius 2 is 2.29 bits per heavy atom. The van der Waals surface area contributed by atoms with Crippen LogP contribution in [0.5, 0.6) is 0 Å². The lowest BCUT2D eigenvalue weighted by Crippen LogP contribution is -2.14. The van der Waals surface area contributed by atoms with Gasteiger partial charge in [-0.3, -0.25) is 0 Å². The molecule has 0 atom stereocenters. The Morgan fingerprint density at radius 3 is 2.79 bits per heavy atom. The van der Waals surface area contributed by atoms with Gasteiger partial charge >= 0.3 is 0 Å². The number of thiocyanates is 1. The van der Waals surface area contributed by atoms with Crippen LogP contribution in [0.2, 0.25) is 0 Å². The number of allylic oxidation sites excluding steroid dienone is 3.